The van der Waals surface area contributed by atoms with Crippen molar-refractivity contribution in [2.24, 2.45) is 11.5 Å². The monoisotopic (exact) mass is 396 g/mol. The van der Waals surface area contributed by atoms with Gasteiger partial charge in [0.25, 0.3) is 0 Å². The second-order valence-electron chi connectivity index (χ2n) is 6.05. The minimum Gasteiger partial charge on any atom is -0.402 e. The topological polar surface area (TPSA) is 144 Å². The number of carbonyl (C=O) groups is 2. The normalized spacial score (nSPS) is 13.0. The summed E-state index contributed by atoms with van der Waals surface area (Å²) in [5, 5.41) is 10.2. The molecule has 0 aliphatic rings. The van der Waals surface area contributed by atoms with Gasteiger partial charge in [-0.15, -0.1) is 5.10 Å². The Hall–Kier alpha value is -4.08. The van der Waals surface area contributed by atoms with Crippen LogP contribution in [-0.2, 0) is 4.79 Å². The van der Waals surface area contributed by atoms with E-state index >= 15 is 0 Å². The molecule has 0 aliphatic carbocycles. The molecule has 29 heavy (non-hydrogen) atoms. The lowest BCUT2D eigenvalue weighted by Gasteiger charge is -2.13. The number of aldehydes is 2. The fourth-order valence-electron chi connectivity index (χ4n) is 2.27. The number of aromatic nitrogens is 3. The smallest absolute Gasteiger partial charge is 0.177 e. The van der Waals surface area contributed by atoms with Gasteiger partial charge in [-0.1, -0.05) is 0 Å². The Morgan fingerprint density at radius 3 is 2.62 bits per heavy atom. The van der Waals surface area contributed by atoms with Crippen LogP contribution in [0.3, 0.4) is 0 Å². The van der Waals surface area contributed by atoms with E-state index in [2.05, 4.69) is 20.7 Å². The van der Waals surface area contributed by atoms with E-state index in [1.807, 2.05) is 0 Å². The molecular formula is C19H24N8O2. The summed E-state index contributed by atoms with van der Waals surface area (Å²) in [5.41, 5.74) is 13.8. The SMILES string of the molecule is CNc1cc(N/C(C=O)=C/C=C\N(C)/C(N)=C/C=C(/C)N)nn2c(C=O)cnc12. The predicted octanol–water partition coefficient (Wildman–Crippen LogP) is 1.19. The number of nitrogens with zero attached hydrogens (tertiary/aromatic N) is 4. The summed E-state index contributed by atoms with van der Waals surface area (Å²) < 4.78 is 1.39. The molecule has 0 aromatic carbocycles. The predicted molar refractivity (Wildman–Crippen MR) is 113 cm³/mol. The molecule has 0 spiro atoms. The minimum atomic E-state index is 0.261. The first kappa shape index (κ1) is 21.2. The summed E-state index contributed by atoms with van der Waals surface area (Å²) in [7, 11) is 3.49. The highest BCUT2D eigenvalue weighted by atomic mass is 16.1. The summed E-state index contributed by atoms with van der Waals surface area (Å²) in [6.45, 7) is 1.76. The molecule has 10 heteroatoms. The molecule has 0 atom stereocenters. The number of rotatable bonds is 9. The lowest BCUT2D eigenvalue weighted by molar-refractivity contribution is -0.104. The zero-order valence-corrected chi connectivity index (χ0v) is 16.5. The van der Waals surface area contributed by atoms with E-state index in [0.29, 0.717) is 46.9 Å². The largest absolute Gasteiger partial charge is 0.402 e. The highest BCUT2D eigenvalue weighted by Gasteiger charge is 2.10. The molecule has 10 nitrogen and oxygen atoms in total. The maximum Gasteiger partial charge on any atom is 0.177 e. The molecular weight excluding hydrogens is 372 g/mol. The van der Waals surface area contributed by atoms with Gasteiger partial charge < -0.3 is 27.0 Å². The number of allylic oxidation sites excluding steroid dienone is 6. The van der Waals surface area contributed by atoms with Crippen LogP contribution < -0.4 is 22.1 Å². The van der Waals surface area contributed by atoms with E-state index in [9.17, 15) is 9.59 Å². The molecule has 2 aromatic heterocycles. The van der Waals surface area contributed by atoms with Crippen molar-refractivity contribution in [3.8, 4) is 0 Å². The van der Waals surface area contributed by atoms with Crippen LogP contribution in [0.15, 0.2) is 60.0 Å². The molecule has 0 bridgehead atoms. The second-order valence-corrected chi connectivity index (χ2v) is 6.05. The van der Waals surface area contributed by atoms with Gasteiger partial charge in [0, 0.05) is 32.1 Å². The number of imidazole rings is 1. The van der Waals surface area contributed by atoms with Gasteiger partial charge in [0.05, 0.1) is 17.6 Å². The fourth-order valence-corrected chi connectivity index (χ4v) is 2.27. The second kappa shape index (κ2) is 9.74. The molecule has 152 valence electrons. The van der Waals surface area contributed by atoms with E-state index in [1.54, 1.807) is 62.5 Å². The number of fused-ring (bicyclic) bond motifs is 1. The average Bonchev–Trinajstić information content (AvgIpc) is 3.13. The molecule has 2 heterocycles. The van der Waals surface area contributed by atoms with Crippen molar-refractivity contribution in [1.82, 2.24) is 19.5 Å². The Morgan fingerprint density at radius 1 is 1.24 bits per heavy atom. The van der Waals surface area contributed by atoms with Gasteiger partial charge in [-0.05, 0) is 31.2 Å². The lowest BCUT2D eigenvalue weighted by Crippen LogP contribution is -2.17. The number of carbonyl (C=O) groups excluding carboxylic acids is 2. The maximum absolute atomic E-state index is 11.4. The fraction of sp³-hybridized carbons (Fsp3) is 0.158. The van der Waals surface area contributed by atoms with Crippen LogP contribution in [0.1, 0.15) is 17.4 Å². The Bertz CT molecular complexity index is 1010. The third-order valence-electron chi connectivity index (χ3n) is 3.79. The van der Waals surface area contributed by atoms with Crippen LogP contribution >= 0.6 is 0 Å². The third-order valence-corrected chi connectivity index (χ3v) is 3.79. The van der Waals surface area contributed by atoms with Crippen molar-refractivity contribution < 1.29 is 9.59 Å². The van der Waals surface area contributed by atoms with Crippen LogP contribution in [0.4, 0.5) is 11.5 Å². The van der Waals surface area contributed by atoms with E-state index in [0.717, 1.165) is 0 Å². The lowest BCUT2D eigenvalue weighted by atomic mass is 10.3. The molecule has 2 aromatic rings. The standard InChI is InChI=1S/C19H24N8O2/c1-13(20)6-7-17(21)26(3)8-4-5-14(11-28)24-18-9-16(22-2)19-23-10-15(12-29)27(19)25-18/h4-12,22H,20-21H2,1-3H3,(H,24,25)/b8-4-,13-6-,14-5+,17-7+. The summed E-state index contributed by atoms with van der Waals surface area (Å²) in [6.07, 6.45) is 11.0. The number of anilines is 2. The van der Waals surface area contributed by atoms with Crippen molar-refractivity contribution in [2.75, 3.05) is 24.7 Å². The Labute approximate surface area is 168 Å². The van der Waals surface area contributed by atoms with Gasteiger partial charge in [0.1, 0.15) is 11.5 Å². The maximum atomic E-state index is 11.4. The molecule has 0 amide bonds. The molecule has 0 saturated carbocycles. The zero-order chi connectivity index (χ0) is 21.4. The van der Waals surface area contributed by atoms with E-state index in [-0.39, 0.29) is 5.70 Å². The van der Waals surface area contributed by atoms with Gasteiger partial charge in [0.15, 0.2) is 24.0 Å². The van der Waals surface area contributed by atoms with Crippen molar-refractivity contribution in [3.05, 3.63) is 65.7 Å². The van der Waals surface area contributed by atoms with E-state index < -0.39 is 0 Å². The quantitative estimate of drug-likeness (QED) is 0.279. The molecule has 0 saturated heterocycles. The van der Waals surface area contributed by atoms with Gasteiger partial charge in [-0.3, -0.25) is 9.59 Å². The van der Waals surface area contributed by atoms with Gasteiger partial charge >= 0.3 is 0 Å². The number of hydrogen-bond acceptors (Lipinski definition) is 9. The zero-order valence-electron chi connectivity index (χ0n) is 16.5. The van der Waals surface area contributed by atoms with Gasteiger partial charge in [0.2, 0.25) is 0 Å². The number of nitrogens with one attached hydrogen (secondary N) is 2. The molecule has 2 rings (SSSR count). The summed E-state index contributed by atoms with van der Waals surface area (Å²) >= 11 is 0. The van der Waals surface area contributed by atoms with Crippen molar-refractivity contribution in [2.45, 2.75) is 6.92 Å². The number of nitrogens with two attached hydrogens (primary N) is 2. The van der Waals surface area contributed by atoms with Crippen LogP contribution in [0, 0.1) is 0 Å². The molecule has 0 unspecified atom stereocenters. The Kier molecular flexibility index (Phi) is 7.13. The molecule has 0 aliphatic heterocycles. The summed E-state index contributed by atoms with van der Waals surface area (Å²) in [6, 6.07) is 1.69. The molecule has 6 N–H and O–H groups in total. The van der Waals surface area contributed by atoms with Gasteiger partial charge in [-0.2, -0.15) is 0 Å². The van der Waals surface area contributed by atoms with Crippen LogP contribution in [0.5, 0.6) is 0 Å². The van der Waals surface area contributed by atoms with Crippen molar-refractivity contribution >= 4 is 29.7 Å². The van der Waals surface area contributed by atoms with Crippen LogP contribution in [0.2, 0.25) is 0 Å². The first-order valence-electron chi connectivity index (χ1n) is 8.64. The van der Waals surface area contributed by atoms with E-state index in [1.165, 1.54) is 10.7 Å². The van der Waals surface area contributed by atoms with E-state index in [4.69, 9.17) is 11.5 Å². The van der Waals surface area contributed by atoms with Crippen LogP contribution in [-0.4, -0.2) is 46.2 Å². The summed E-state index contributed by atoms with van der Waals surface area (Å²) in [5.74, 6) is 0.846. The first-order chi connectivity index (χ1) is 13.9. The Morgan fingerprint density at radius 2 is 2.00 bits per heavy atom. The first-order valence-corrected chi connectivity index (χ1v) is 8.64. The highest BCUT2D eigenvalue weighted by molar-refractivity contribution is 5.81. The highest BCUT2D eigenvalue weighted by Crippen LogP contribution is 2.20. The van der Waals surface area contributed by atoms with Crippen molar-refractivity contribution in [1.29, 1.82) is 0 Å². The average molecular weight is 396 g/mol. The molecule has 0 radical (unpaired) electrons. The van der Waals surface area contributed by atoms with Gasteiger partial charge in [-0.25, -0.2) is 9.50 Å². The minimum absolute atomic E-state index is 0.261. The van der Waals surface area contributed by atoms with Crippen LogP contribution in [0.25, 0.3) is 5.65 Å². The molecule has 0 fully saturated rings. The summed E-state index contributed by atoms with van der Waals surface area (Å²) in [4.78, 5) is 28.4. The van der Waals surface area contributed by atoms with Crippen molar-refractivity contribution in [3.63, 3.8) is 0 Å². The Balaban J connectivity index is 2.22. The number of hydrogen-bond donors (Lipinski definition) is 4. The third kappa shape index (κ3) is 5.45.